The van der Waals surface area contributed by atoms with Crippen LogP contribution in [-0.2, 0) is 14.4 Å². The zero-order valence-electron chi connectivity index (χ0n) is 10.9. The van der Waals surface area contributed by atoms with Gasteiger partial charge >= 0.3 is 0 Å². The predicted molar refractivity (Wildman–Crippen MR) is 76.8 cm³/mol. The van der Waals surface area contributed by atoms with Gasteiger partial charge in [0.05, 0.1) is 5.75 Å². The lowest BCUT2D eigenvalue weighted by Crippen LogP contribution is -2.51. The molecule has 7 nitrogen and oxygen atoms in total. The Hall–Kier alpha value is -2.35. The van der Waals surface area contributed by atoms with E-state index in [0.717, 1.165) is 5.56 Å². The Kier molecular flexibility index (Phi) is 3.61. The molecule has 0 unspecified atom stereocenters. The first-order valence-corrected chi connectivity index (χ1v) is 7.35. The van der Waals surface area contributed by atoms with Crippen LogP contribution in [0.1, 0.15) is 17.4 Å². The van der Waals surface area contributed by atoms with Crippen LogP contribution >= 0.6 is 11.8 Å². The van der Waals surface area contributed by atoms with E-state index in [2.05, 4.69) is 15.7 Å². The molecule has 0 aliphatic carbocycles. The van der Waals surface area contributed by atoms with Gasteiger partial charge in [-0.1, -0.05) is 30.3 Å². The maximum atomic E-state index is 12.0. The van der Waals surface area contributed by atoms with E-state index in [4.69, 9.17) is 0 Å². The number of hydrazone groups is 1. The van der Waals surface area contributed by atoms with Gasteiger partial charge in [0.1, 0.15) is 11.8 Å². The summed E-state index contributed by atoms with van der Waals surface area (Å²) in [6, 6.07) is 9.47. The normalized spacial score (nSPS) is 22.1. The molecule has 0 bridgehead atoms. The summed E-state index contributed by atoms with van der Waals surface area (Å²) in [7, 11) is 0. The van der Waals surface area contributed by atoms with Crippen LogP contribution in [0.15, 0.2) is 35.4 Å². The van der Waals surface area contributed by atoms with Crippen LogP contribution in [-0.4, -0.2) is 34.4 Å². The van der Waals surface area contributed by atoms with Crippen LogP contribution in [0.5, 0.6) is 0 Å². The minimum atomic E-state index is -0.437. The second-order valence-electron chi connectivity index (χ2n) is 4.53. The summed E-state index contributed by atoms with van der Waals surface area (Å²) in [6.07, 6.45) is -0.232. The number of rotatable bonds is 2. The van der Waals surface area contributed by atoms with E-state index in [-0.39, 0.29) is 23.7 Å². The maximum absolute atomic E-state index is 12.0. The summed E-state index contributed by atoms with van der Waals surface area (Å²) in [6.45, 7) is 0. The molecule has 3 amide bonds. The summed E-state index contributed by atoms with van der Waals surface area (Å²) in [5.41, 5.74) is 0.936. The maximum Gasteiger partial charge on any atom is 0.254 e. The van der Waals surface area contributed by atoms with Gasteiger partial charge in [0.25, 0.3) is 5.91 Å². The fourth-order valence-electron chi connectivity index (χ4n) is 2.07. The third-order valence-electron chi connectivity index (χ3n) is 2.97. The first-order valence-electron chi connectivity index (χ1n) is 6.30. The molecule has 2 fully saturated rings. The lowest BCUT2D eigenvalue weighted by molar-refractivity contribution is -0.131. The Morgan fingerprint density at radius 2 is 1.76 bits per heavy atom. The quantitative estimate of drug-likeness (QED) is 0.762. The van der Waals surface area contributed by atoms with Gasteiger partial charge in [0.15, 0.2) is 0 Å². The summed E-state index contributed by atoms with van der Waals surface area (Å²) >= 11 is 1.45. The van der Waals surface area contributed by atoms with Crippen LogP contribution in [0, 0.1) is 0 Å². The largest absolute Gasteiger partial charge is 0.294 e. The van der Waals surface area contributed by atoms with E-state index in [0.29, 0.717) is 5.75 Å². The van der Waals surface area contributed by atoms with E-state index in [1.807, 2.05) is 30.3 Å². The summed E-state index contributed by atoms with van der Waals surface area (Å²) in [5.74, 6) is -0.748. The van der Waals surface area contributed by atoms with Crippen LogP contribution < -0.4 is 10.6 Å². The molecule has 21 heavy (non-hydrogen) atoms. The Morgan fingerprint density at radius 3 is 2.43 bits per heavy atom. The Labute approximate surface area is 124 Å². The minimum absolute atomic E-state index is 0.00645. The van der Waals surface area contributed by atoms with Crippen molar-refractivity contribution in [1.29, 1.82) is 0 Å². The first kappa shape index (κ1) is 13.6. The van der Waals surface area contributed by atoms with Crippen molar-refractivity contribution in [1.82, 2.24) is 15.6 Å². The van der Waals surface area contributed by atoms with Gasteiger partial charge in [-0.3, -0.25) is 25.0 Å². The Morgan fingerprint density at radius 1 is 1.10 bits per heavy atom. The van der Waals surface area contributed by atoms with Gasteiger partial charge in [-0.25, -0.2) is 5.01 Å². The predicted octanol–water partition coefficient (Wildman–Crippen LogP) is 0.168. The van der Waals surface area contributed by atoms with Crippen molar-refractivity contribution in [2.24, 2.45) is 5.10 Å². The lowest BCUT2D eigenvalue weighted by atomic mass is 10.2. The molecule has 1 atom stereocenters. The van der Waals surface area contributed by atoms with Gasteiger partial charge in [0.2, 0.25) is 17.8 Å². The molecule has 2 heterocycles. The second-order valence-corrected chi connectivity index (χ2v) is 5.60. The molecule has 0 radical (unpaired) electrons. The van der Waals surface area contributed by atoms with Gasteiger partial charge in [-0.15, -0.1) is 16.9 Å². The number of amides is 3. The molecule has 1 aromatic rings. The van der Waals surface area contributed by atoms with E-state index < -0.39 is 11.8 Å². The number of nitrogens with one attached hydrogen (secondary N) is 2. The number of nitrogens with zero attached hydrogens (tertiary/aromatic N) is 2. The smallest absolute Gasteiger partial charge is 0.254 e. The van der Waals surface area contributed by atoms with Crippen LogP contribution in [0.4, 0.5) is 0 Å². The molecule has 2 saturated heterocycles. The summed E-state index contributed by atoms with van der Waals surface area (Å²) in [5, 5.41) is 10.0. The number of guanidine groups is 1. The molecule has 3 rings (SSSR count). The van der Waals surface area contributed by atoms with Crippen molar-refractivity contribution in [2.75, 3.05) is 5.75 Å². The van der Waals surface area contributed by atoms with E-state index >= 15 is 0 Å². The Balaban J connectivity index is 1.86. The number of carbonyl (C=O) groups excluding carboxylic acids is 3. The van der Waals surface area contributed by atoms with Gasteiger partial charge < -0.3 is 0 Å². The number of carbonyl (C=O) groups is 3. The SMILES string of the molecule is O=C1CC(=O)NC(=NN2C(=O)CS[C@H]2c2ccccc2)N1. The molecule has 1 aromatic carbocycles. The third kappa shape index (κ3) is 2.89. The Bertz CT molecular complexity index is 614. The average Bonchev–Trinajstić information content (AvgIpc) is 2.80. The molecule has 108 valence electrons. The minimum Gasteiger partial charge on any atom is -0.294 e. The number of hydrogen-bond acceptors (Lipinski definition) is 5. The molecule has 2 aliphatic rings. The molecule has 8 heteroatoms. The van der Waals surface area contributed by atoms with E-state index in [9.17, 15) is 14.4 Å². The van der Waals surface area contributed by atoms with Crippen molar-refractivity contribution in [3.05, 3.63) is 35.9 Å². The van der Waals surface area contributed by atoms with Gasteiger partial charge in [-0.05, 0) is 5.56 Å². The molecule has 2 aliphatic heterocycles. The fourth-order valence-corrected chi connectivity index (χ4v) is 3.16. The molecule has 0 saturated carbocycles. The lowest BCUT2D eigenvalue weighted by Gasteiger charge is -2.22. The zero-order chi connectivity index (χ0) is 14.8. The van der Waals surface area contributed by atoms with Gasteiger partial charge in [-0.2, -0.15) is 0 Å². The number of hydrogen-bond donors (Lipinski definition) is 2. The van der Waals surface area contributed by atoms with Crippen LogP contribution in [0.25, 0.3) is 0 Å². The average molecular weight is 304 g/mol. The third-order valence-corrected chi connectivity index (χ3v) is 4.17. The number of benzene rings is 1. The van der Waals surface area contributed by atoms with E-state index in [1.54, 1.807) is 0 Å². The molecule has 0 aromatic heterocycles. The topological polar surface area (TPSA) is 90.9 Å². The van der Waals surface area contributed by atoms with Crippen molar-refractivity contribution < 1.29 is 14.4 Å². The van der Waals surface area contributed by atoms with Gasteiger partial charge in [0, 0.05) is 0 Å². The zero-order valence-corrected chi connectivity index (χ0v) is 11.7. The van der Waals surface area contributed by atoms with Crippen molar-refractivity contribution in [2.45, 2.75) is 11.8 Å². The van der Waals surface area contributed by atoms with Crippen molar-refractivity contribution in [3.63, 3.8) is 0 Å². The van der Waals surface area contributed by atoms with Crippen molar-refractivity contribution in [3.8, 4) is 0 Å². The molecule has 0 spiro atoms. The molecule has 2 N–H and O–H groups in total. The highest BCUT2D eigenvalue weighted by atomic mass is 32.2. The molecular formula is C13H12N4O3S. The van der Waals surface area contributed by atoms with E-state index in [1.165, 1.54) is 16.8 Å². The van der Waals surface area contributed by atoms with Crippen LogP contribution in [0.2, 0.25) is 0 Å². The number of thioether (sulfide) groups is 1. The standard InChI is InChI=1S/C13H12N4O3S/c18-9-6-10(19)15-13(14-9)16-17-11(20)7-21-12(17)8-4-2-1-3-5-8/h1-5,12H,6-7H2,(H2,14,15,16,18,19)/t12-/m0/s1. The summed E-state index contributed by atoms with van der Waals surface area (Å²) < 4.78 is 0. The fraction of sp³-hybridized carbons (Fsp3) is 0.231. The van der Waals surface area contributed by atoms with Crippen molar-refractivity contribution >= 4 is 35.4 Å². The van der Waals surface area contributed by atoms with Crippen LogP contribution in [0.3, 0.4) is 0 Å². The second kappa shape index (κ2) is 5.57. The monoisotopic (exact) mass is 304 g/mol. The highest BCUT2D eigenvalue weighted by molar-refractivity contribution is 8.00. The molecular weight excluding hydrogens is 292 g/mol. The highest BCUT2D eigenvalue weighted by Crippen LogP contribution is 2.38. The first-order chi connectivity index (χ1) is 10.1. The highest BCUT2D eigenvalue weighted by Gasteiger charge is 2.34. The summed E-state index contributed by atoms with van der Waals surface area (Å²) in [4.78, 5) is 34.6.